The second-order valence-corrected chi connectivity index (χ2v) is 16.3. The van der Waals surface area contributed by atoms with E-state index in [0.29, 0.717) is 36.1 Å². The molecule has 0 spiro atoms. The zero-order valence-electron chi connectivity index (χ0n) is 34.9. The normalized spacial score (nSPS) is 19.0. The van der Waals surface area contributed by atoms with Crippen molar-refractivity contribution in [1.29, 1.82) is 0 Å². The van der Waals surface area contributed by atoms with E-state index in [1.165, 1.54) is 18.2 Å². The van der Waals surface area contributed by atoms with Gasteiger partial charge < -0.3 is 40.2 Å². The molecule has 3 aromatic carbocycles. The summed E-state index contributed by atoms with van der Waals surface area (Å²) in [7, 11) is 0. The summed E-state index contributed by atoms with van der Waals surface area (Å²) in [6, 6.07) is 18.7. The first-order valence-corrected chi connectivity index (χ1v) is 20.5. The number of aromatic nitrogens is 1. The fourth-order valence-corrected chi connectivity index (χ4v) is 7.03. The number of aliphatic hydroxyl groups is 3. The van der Waals surface area contributed by atoms with E-state index in [-0.39, 0.29) is 56.1 Å². The van der Waals surface area contributed by atoms with Gasteiger partial charge in [-0.2, -0.15) is 13.2 Å². The molecule has 1 aliphatic carbocycles. The number of rotatable bonds is 18. The van der Waals surface area contributed by atoms with E-state index in [4.69, 9.17) is 14.2 Å². The number of ether oxygens (including phenoxy) is 3. The van der Waals surface area contributed by atoms with E-state index in [0.717, 1.165) is 22.9 Å². The minimum atomic E-state index is -4.52. The van der Waals surface area contributed by atoms with Gasteiger partial charge in [0, 0.05) is 48.8 Å². The van der Waals surface area contributed by atoms with Crippen molar-refractivity contribution in [1.82, 2.24) is 10.3 Å². The molecular weight excluding hydrogens is 808 g/mol. The van der Waals surface area contributed by atoms with Crippen molar-refractivity contribution in [3.05, 3.63) is 126 Å². The Labute approximate surface area is 358 Å². The Kier molecular flexibility index (Phi) is 16.7. The molecule has 5 N–H and O–H groups in total. The number of nitrogens with zero attached hydrogens (tertiary/aromatic N) is 1. The number of allylic oxidation sites excluding steroid dienone is 2. The topological polar surface area (TPSA) is 177 Å². The van der Waals surface area contributed by atoms with Crippen molar-refractivity contribution in [2.75, 3.05) is 18.5 Å². The number of carbonyl (C=O) groups excluding carboxylic acids is 3. The Morgan fingerprint density at radius 3 is 2.47 bits per heavy atom. The molecule has 12 nitrogen and oxygen atoms in total. The number of alkyl halides is 3. The molecule has 6 atom stereocenters. The van der Waals surface area contributed by atoms with Gasteiger partial charge >= 0.3 is 18.2 Å². The number of amides is 2. The fourth-order valence-electron chi connectivity index (χ4n) is 7.03. The fraction of sp³-hybridized carbons (Fsp3) is 0.404. The quantitative estimate of drug-likeness (QED) is 0.0374. The Morgan fingerprint density at radius 2 is 1.73 bits per heavy atom. The number of anilines is 1. The molecule has 1 heterocycles. The average molecular weight is 862 g/mol. The molecule has 0 radical (unpaired) electrons. The molecule has 15 heteroatoms. The average Bonchev–Trinajstić information content (AvgIpc) is 3.49. The van der Waals surface area contributed by atoms with Gasteiger partial charge in [0.05, 0.1) is 23.7 Å². The smallest absolute Gasteiger partial charge is 0.416 e. The SMILES string of the molecule is CC(C)(C)OC(=O)NC[C@H](C(=O)Nc1ccc2cnccc2c1)c1ccc(COC(=O)CCC/C=C\C[C@@H]2[C@@H](/C=C/[C@@H](O)COc3cccc(C(F)(F)F)c3)[C@H](O)C[C@H]2O)cc1. The molecule has 0 saturated heterocycles. The largest absolute Gasteiger partial charge is 0.491 e. The van der Waals surface area contributed by atoms with E-state index in [1.807, 2.05) is 30.4 Å². The van der Waals surface area contributed by atoms with Gasteiger partial charge in [-0.05, 0) is 98.9 Å². The van der Waals surface area contributed by atoms with Gasteiger partial charge in [-0.3, -0.25) is 14.6 Å². The van der Waals surface area contributed by atoms with Crippen LogP contribution < -0.4 is 15.4 Å². The summed E-state index contributed by atoms with van der Waals surface area (Å²) in [5.41, 5.74) is 0.347. The van der Waals surface area contributed by atoms with Crippen LogP contribution in [0, 0.1) is 11.8 Å². The molecule has 1 aromatic heterocycles. The zero-order valence-corrected chi connectivity index (χ0v) is 34.9. The van der Waals surface area contributed by atoms with Crippen LogP contribution in [0.2, 0.25) is 0 Å². The molecule has 0 unspecified atom stereocenters. The number of benzene rings is 3. The number of fused-ring (bicyclic) bond motifs is 1. The lowest BCUT2D eigenvalue weighted by Gasteiger charge is -2.22. The maximum atomic E-state index is 13.6. The number of unbranched alkanes of at least 4 members (excludes halogenated alkanes) is 1. The first-order valence-electron chi connectivity index (χ1n) is 20.5. The number of hydrogen-bond acceptors (Lipinski definition) is 10. The van der Waals surface area contributed by atoms with Crippen molar-refractivity contribution in [3.63, 3.8) is 0 Å². The molecule has 332 valence electrons. The summed E-state index contributed by atoms with van der Waals surface area (Å²) < 4.78 is 55.2. The van der Waals surface area contributed by atoms with E-state index in [9.17, 15) is 42.9 Å². The van der Waals surface area contributed by atoms with Gasteiger partial charge in [0.25, 0.3) is 0 Å². The highest BCUT2D eigenvalue weighted by molar-refractivity contribution is 5.98. The summed E-state index contributed by atoms with van der Waals surface area (Å²) in [5, 5.41) is 39.0. The van der Waals surface area contributed by atoms with Gasteiger partial charge in [-0.25, -0.2) is 4.79 Å². The Bertz CT molecular complexity index is 2170. The molecule has 1 saturated carbocycles. The van der Waals surface area contributed by atoms with Crippen molar-refractivity contribution in [3.8, 4) is 5.75 Å². The van der Waals surface area contributed by atoms with Crippen molar-refractivity contribution in [2.24, 2.45) is 11.8 Å². The molecule has 0 aliphatic heterocycles. The number of nitrogens with one attached hydrogen (secondary N) is 2. The van der Waals surface area contributed by atoms with Crippen LogP contribution in [0.4, 0.5) is 23.7 Å². The number of halogens is 3. The summed E-state index contributed by atoms with van der Waals surface area (Å²) in [6.07, 6.45) is 4.08. The Hall–Kier alpha value is -5.77. The summed E-state index contributed by atoms with van der Waals surface area (Å²) >= 11 is 0. The maximum absolute atomic E-state index is 13.6. The van der Waals surface area contributed by atoms with Gasteiger partial charge in [-0.1, -0.05) is 60.7 Å². The van der Waals surface area contributed by atoms with E-state index < -0.39 is 53.6 Å². The van der Waals surface area contributed by atoms with Gasteiger partial charge in [0.2, 0.25) is 5.91 Å². The van der Waals surface area contributed by atoms with Crippen LogP contribution in [0.25, 0.3) is 10.8 Å². The monoisotopic (exact) mass is 861 g/mol. The minimum Gasteiger partial charge on any atom is -0.491 e. The van der Waals surface area contributed by atoms with E-state index >= 15 is 0 Å². The highest BCUT2D eigenvalue weighted by atomic mass is 19.4. The number of alkyl carbamates (subject to hydrolysis) is 1. The molecule has 2 amide bonds. The van der Waals surface area contributed by atoms with Crippen molar-refractivity contribution in [2.45, 2.75) is 95.5 Å². The molecule has 0 bridgehead atoms. The first kappa shape index (κ1) is 47.3. The first-order chi connectivity index (χ1) is 29.4. The maximum Gasteiger partial charge on any atom is 0.416 e. The highest BCUT2D eigenvalue weighted by Crippen LogP contribution is 2.37. The molecule has 5 rings (SSSR count). The van der Waals surface area contributed by atoms with Gasteiger partial charge in [-0.15, -0.1) is 0 Å². The summed E-state index contributed by atoms with van der Waals surface area (Å²) in [6.45, 7) is 4.94. The van der Waals surface area contributed by atoms with Gasteiger partial charge in [0.1, 0.15) is 30.7 Å². The molecule has 4 aromatic rings. The number of hydrogen-bond donors (Lipinski definition) is 5. The van der Waals surface area contributed by atoms with Crippen LogP contribution >= 0.6 is 0 Å². The third-order valence-electron chi connectivity index (χ3n) is 10.2. The second-order valence-electron chi connectivity index (χ2n) is 16.3. The predicted octanol–water partition coefficient (Wildman–Crippen LogP) is 8.01. The van der Waals surface area contributed by atoms with Crippen LogP contribution in [0.1, 0.15) is 75.5 Å². The van der Waals surface area contributed by atoms with Crippen molar-refractivity contribution < 1.29 is 57.1 Å². The lowest BCUT2D eigenvalue weighted by Crippen LogP contribution is -2.37. The summed E-state index contributed by atoms with van der Waals surface area (Å²) in [4.78, 5) is 42.8. The molecule has 62 heavy (non-hydrogen) atoms. The number of pyridine rings is 1. The number of carbonyl (C=O) groups is 3. The standard InChI is InChI=1S/C47H54F3N3O9/c1-46(2,3)62-45(59)52-27-40(44(58)53-35-18-17-33-26-51-22-21-32(33)23-35)31-15-13-30(14-16-31)28-61-43(57)12-7-5-4-6-11-38-39(42(56)25-41(38)55)20-19-36(54)29-60-37-10-8-9-34(24-37)47(48,49)50/h4,6,8-10,13-24,26,36,38-42,54-56H,5,7,11-12,25,27-29H2,1-3H3,(H,52,59)(H,53,58)/b6-4-,20-19+/t36-,38-,39-,40+,41-,42-/m1/s1. The molecular formula is C47H54F3N3O9. The van der Waals surface area contributed by atoms with Crippen LogP contribution in [0.3, 0.4) is 0 Å². The molecule has 1 fully saturated rings. The molecule has 1 aliphatic rings. The van der Waals surface area contributed by atoms with Crippen molar-refractivity contribution >= 4 is 34.4 Å². The van der Waals surface area contributed by atoms with E-state index in [2.05, 4.69) is 15.6 Å². The Morgan fingerprint density at radius 1 is 0.952 bits per heavy atom. The third-order valence-corrected chi connectivity index (χ3v) is 10.2. The second kappa shape index (κ2) is 21.8. The predicted molar refractivity (Wildman–Crippen MR) is 227 cm³/mol. The minimum absolute atomic E-state index is 0.0246. The highest BCUT2D eigenvalue weighted by Gasteiger charge is 2.39. The summed E-state index contributed by atoms with van der Waals surface area (Å²) in [5.74, 6) is -2.33. The number of aliphatic hydroxyl groups excluding tert-OH is 3. The third kappa shape index (κ3) is 14.7. The van der Waals surface area contributed by atoms with Crippen LogP contribution in [0.15, 0.2) is 109 Å². The number of esters is 1. The van der Waals surface area contributed by atoms with Crippen LogP contribution in [-0.2, 0) is 31.8 Å². The lowest BCUT2D eigenvalue weighted by molar-refractivity contribution is -0.145. The van der Waals surface area contributed by atoms with Gasteiger partial charge in [0.15, 0.2) is 0 Å². The zero-order chi connectivity index (χ0) is 44.9. The van der Waals surface area contributed by atoms with Crippen LogP contribution in [0.5, 0.6) is 5.75 Å². The lowest BCUT2D eigenvalue weighted by atomic mass is 9.89. The van der Waals surface area contributed by atoms with Crippen LogP contribution in [-0.4, -0.2) is 75.3 Å². The van der Waals surface area contributed by atoms with E-state index in [1.54, 1.807) is 69.6 Å². The Balaban J connectivity index is 1.06.